The fourth-order valence-electron chi connectivity index (χ4n) is 1.26. The Morgan fingerprint density at radius 3 is 2.50 bits per heavy atom. The van der Waals surface area contributed by atoms with Crippen LogP contribution in [0, 0.1) is 0 Å². The Morgan fingerprint density at radius 2 is 1.89 bits per heavy atom. The molecule has 0 heterocycles. The molecule has 18 heavy (non-hydrogen) atoms. The van der Waals surface area contributed by atoms with Crippen molar-refractivity contribution in [1.29, 1.82) is 0 Å². The van der Waals surface area contributed by atoms with Crippen LogP contribution in [-0.2, 0) is 9.59 Å². The summed E-state index contributed by atoms with van der Waals surface area (Å²) >= 11 is 0. The van der Waals surface area contributed by atoms with Gasteiger partial charge in [-0.25, -0.2) is 5.43 Å². The number of para-hydroxylation sites is 1. The van der Waals surface area contributed by atoms with Gasteiger partial charge in [0.1, 0.15) is 11.5 Å². The van der Waals surface area contributed by atoms with Crippen molar-refractivity contribution in [2.24, 2.45) is 5.10 Å². The van der Waals surface area contributed by atoms with Crippen LogP contribution in [0.4, 0.5) is 0 Å². The molecule has 0 unspecified atom stereocenters. The molecule has 96 valence electrons. The third kappa shape index (κ3) is 5.79. The fourth-order valence-corrected chi connectivity index (χ4v) is 1.26. The summed E-state index contributed by atoms with van der Waals surface area (Å²) in [6.07, 6.45) is 0.236. The Bertz CT molecular complexity index is 441. The lowest BCUT2D eigenvalue weighted by molar-refractivity contribution is -0.123. The lowest BCUT2D eigenvalue weighted by atomic mass is 10.2. The molecule has 1 rings (SSSR count). The van der Waals surface area contributed by atoms with E-state index < -0.39 is 0 Å². The van der Waals surface area contributed by atoms with E-state index in [2.05, 4.69) is 10.5 Å². The molecule has 5 heteroatoms. The van der Waals surface area contributed by atoms with E-state index in [0.717, 1.165) is 0 Å². The van der Waals surface area contributed by atoms with Crippen molar-refractivity contribution in [2.45, 2.75) is 20.3 Å². The van der Waals surface area contributed by atoms with Crippen molar-refractivity contribution in [3.8, 4) is 5.75 Å². The van der Waals surface area contributed by atoms with E-state index in [4.69, 9.17) is 4.74 Å². The molecule has 0 atom stereocenters. The van der Waals surface area contributed by atoms with Gasteiger partial charge in [0.15, 0.2) is 6.61 Å². The standard InChI is InChI=1S/C13H16N2O3/c1-10(8-11(2)16)14-15-13(17)9-18-12-6-4-3-5-7-12/h3-7H,8-9H2,1-2H3,(H,15,17). The van der Waals surface area contributed by atoms with E-state index in [1.165, 1.54) is 6.92 Å². The van der Waals surface area contributed by atoms with Gasteiger partial charge in [-0.05, 0) is 26.0 Å². The Balaban J connectivity index is 2.32. The van der Waals surface area contributed by atoms with Gasteiger partial charge in [0.25, 0.3) is 5.91 Å². The van der Waals surface area contributed by atoms with Gasteiger partial charge in [0.05, 0.1) is 0 Å². The van der Waals surface area contributed by atoms with Gasteiger partial charge >= 0.3 is 0 Å². The molecule has 1 N–H and O–H groups in total. The van der Waals surface area contributed by atoms with E-state index >= 15 is 0 Å². The van der Waals surface area contributed by atoms with Crippen molar-refractivity contribution in [3.63, 3.8) is 0 Å². The highest BCUT2D eigenvalue weighted by molar-refractivity contribution is 6.00. The monoisotopic (exact) mass is 248 g/mol. The zero-order chi connectivity index (χ0) is 13.4. The second-order valence-corrected chi connectivity index (χ2v) is 3.86. The van der Waals surface area contributed by atoms with Gasteiger partial charge < -0.3 is 4.74 Å². The predicted octanol–water partition coefficient (Wildman–Crippen LogP) is 1.54. The second-order valence-electron chi connectivity index (χ2n) is 3.86. The van der Waals surface area contributed by atoms with E-state index in [9.17, 15) is 9.59 Å². The molecular weight excluding hydrogens is 232 g/mol. The van der Waals surface area contributed by atoms with Crippen LogP contribution in [-0.4, -0.2) is 24.0 Å². The maximum absolute atomic E-state index is 11.4. The number of ketones is 1. The topological polar surface area (TPSA) is 67.8 Å². The molecule has 0 fully saturated rings. The minimum atomic E-state index is -0.359. The summed E-state index contributed by atoms with van der Waals surface area (Å²) < 4.78 is 5.23. The number of carbonyl (C=O) groups excluding carboxylic acids is 2. The van der Waals surface area contributed by atoms with Crippen LogP contribution in [0.5, 0.6) is 5.75 Å². The highest BCUT2D eigenvalue weighted by atomic mass is 16.5. The number of Topliss-reactive ketones (excluding diaryl/α,β-unsaturated/α-hetero) is 1. The lowest BCUT2D eigenvalue weighted by Crippen LogP contribution is -2.25. The zero-order valence-corrected chi connectivity index (χ0v) is 10.5. The molecule has 0 bridgehead atoms. The van der Waals surface area contributed by atoms with Crippen LogP contribution in [0.3, 0.4) is 0 Å². The maximum Gasteiger partial charge on any atom is 0.277 e. The molecule has 0 radical (unpaired) electrons. The van der Waals surface area contributed by atoms with Crippen LogP contribution in [0.2, 0.25) is 0 Å². The number of hydrogen-bond donors (Lipinski definition) is 1. The first-order valence-electron chi connectivity index (χ1n) is 5.57. The van der Waals surface area contributed by atoms with Crippen molar-refractivity contribution < 1.29 is 14.3 Å². The molecule has 1 amide bonds. The minimum Gasteiger partial charge on any atom is -0.484 e. The van der Waals surface area contributed by atoms with Crippen LogP contribution in [0.15, 0.2) is 35.4 Å². The van der Waals surface area contributed by atoms with Crippen molar-refractivity contribution in [2.75, 3.05) is 6.61 Å². The van der Waals surface area contributed by atoms with E-state index in [0.29, 0.717) is 11.5 Å². The Labute approximate surface area is 106 Å². The third-order valence-electron chi connectivity index (χ3n) is 1.99. The molecule has 0 aromatic heterocycles. The summed E-state index contributed by atoms with van der Waals surface area (Å²) in [6, 6.07) is 9.03. The Hall–Kier alpha value is -2.17. The molecular formula is C13H16N2O3. The predicted molar refractivity (Wildman–Crippen MR) is 68.5 cm³/mol. The Kier molecular flexibility index (Phi) is 5.57. The molecule has 0 aliphatic heterocycles. The molecule has 0 spiro atoms. The average Bonchev–Trinajstić information content (AvgIpc) is 2.34. The first kappa shape index (κ1) is 13.9. The number of rotatable bonds is 6. The van der Waals surface area contributed by atoms with Gasteiger partial charge in [-0.15, -0.1) is 0 Å². The molecule has 1 aromatic carbocycles. The third-order valence-corrected chi connectivity index (χ3v) is 1.99. The molecule has 1 aromatic rings. The van der Waals surface area contributed by atoms with Crippen molar-refractivity contribution >= 4 is 17.4 Å². The first-order valence-corrected chi connectivity index (χ1v) is 5.57. The molecule has 0 aliphatic carbocycles. The number of nitrogens with one attached hydrogen (secondary N) is 1. The normalized spacial score (nSPS) is 10.9. The molecule has 0 saturated carbocycles. The minimum absolute atomic E-state index is 0.00559. The molecule has 0 aliphatic rings. The van der Waals surface area contributed by atoms with E-state index in [1.54, 1.807) is 19.1 Å². The molecule has 5 nitrogen and oxygen atoms in total. The quantitative estimate of drug-likeness (QED) is 0.613. The number of nitrogens with zero attached hydrogens (tertiary/aromatic N) is 1. The first-order chi connectivity index (χ1) is 8.58. The smallest absolute Gasteiger partial charge is 0.277 e. The summed E-state index contributed by atoms with van der Waals surface area (Å²) in [5, 5.41) is 3.79. The maximum atomic E-state index is 11.4. The lowest BCUT2D eigenvalue weighted by Gasteiger charge is -2.04. The number of benzene rings is 1. The number of ether oxygens (including phenoxy) is 1. The van der Waals surface area contributed by atoms with Gasteiger partial charge in [-0.3, -0.25) is 9.59 Å². The summed E-state index contributed by atoms with van der Waals surface area (Å²) in [4.78, 5) is 22.2. The van der Waals surface area contributed by atoms with Crippen LogP contribution < -0.4 is 10.2 Å². The van der Waals surface area contributed by atoms with E-state index in [1.807, 2.05) is 18.2 Å². The highest BCUT2D eigenvalue weighted by Crippen LogP contribution is 2.07. The zero-order valence-electron chi connectivity index (χ0n) is 10.5. The SMILES string of the molecule is CC(=O)CC(C)=NNC(=O)COc1ccccc1. The summed E-state index contributed by atoms with van der Waals surface area (Å²) in [7, 11) is 0. The van der Waals surface area contributed by atoms with E-state index in [-0.39, 0.29) is 24.7 Å². The van der Waals surface area contributed by atoms with Crippen LogP contribution in [0.25, 0.3) is 0 Å². The largest absolute Gasteiger partial charge is 0.484 e. The van der Waals surface area contributed by atoms with Crippen molar-refractivity contribution in [3.05, 3.63) is 30.3 Å². The van der Waals surface area contributed by atoms with Crippen LogP contribution in [0.1, 0.15) is 20.3 Å². The molecule has 0 saturated heterocycles. The summed E-state index contributed by atoms with van der Waals surface area (Å²) in [6.45, 7) is 3.04. The average molecular weight is 248 g/mol. The van der Waals surface area contributed by atoms with Crippen molar-refractivity contribution in [1.82, 2.24) is 5.43 Å². The summed E-state index contributed by atoms with van der Waals surface area (Å²) in [5.74, 6) is 0.268. The number of carbonyl (C=O) groups is 2. The summed E-state index contributed by atoms with van der Waals surface area (Å²) in [5.41, 5.74) is 2.90. The van der Waals surface area contributed by atoms with Gasteiger partial charge in [0.2, 0.25) is 0 Å². The van der Waals surface area contributed by atoms with Gasteiger partial charge in [-0.1, -0.05) is 18.2 Å². The van der Waals surface area contributed by atoms with Gasteiger partial charge in [0, 0.05) is 12.1 Å². The number of hydrogen-bond acceptors (Lipinski definition) is 4. The second kappa shape index (κ2) is 7.21. The number of amides is 1. The Morgan fingerprint density at radius 1 is 1.22 bits per heavy atom. The number of hydrazone groups is 1. The van der Waals surface area contributed by atoms with Crippen LogP contribution >= 0.6 is 0 Å². The highest BCUT2D eigenvalue weighted by Gasteiger charge is 2.02. The fraction of sp³-hybridized carbons (Fsp3) is 0.308. The van der Waals surface area contributed by atoms with Gasteiger partial charge in [-0.2, -0.15) is 5.10 Å².